The van der Waals surface area contributed by atoms with Gasteiger partial charge >= 0.3 is 0 Å². The van der Waals surface area contributed by atoms with Gasteiger partial charge in [0.25, 0.3) is 15.7 Å². The number of sulfonamides is 1. The Balaban J connectivity index is 2.58. The van der Waals surface area contributed by atoms with Crippen LogP contribution in [0.5, 0.6) is 5.75 Å². The number of nitro benzene ring substituents is 1. The van der Waals surface area contributed by atoms with E-state index in [1.807, 2.05) is 0 Å². The highest BCUT2D eigenvalue weighted by molar-refractivity contribution is 9.10. The summed E-state index contributed by atoms with van der Waals surface area (Å²) in [6, 6.07) is 5.47. The summed E-state index contributed by atoms with van der Waals surface area (Å²) in [4.78, 5) is 10.3. The van der Waals surface area contributed by atoms with Crippen LogP contribution in [-0.2, 0) is 10.0 Å². The van der Waals surface area contributed by atoms with Crippen molar-refractivity contribution in [3.8, 4) is 5.75 Å². The van der Waals surface area contributed by atoms with E-state index in [1.165, 1.54) is 25.3 Å². The van der Waals surface area contributed by atoms with Crippen LogP contribution in [0.4, 0.5) is 11.4 Å². The summed E-state index contributed by atoms with van der Waals surface area (Å²) in [6.07, 6.45) is 0. The molecule has 7 nitrogen and oxygen atoms in total. The van der Waals surface area contributed by atoms with Crippen LogP contribution in [0.25, 0.3) is 0 Å². The first kappa shape index (κ1) is 19.5. The van der Waals surface area contributed by atoms with Crippen LogP contribution in [0, 0.1) is 24.0 Å². The third kappa shape index (κ3) is 4.05. The fourth-order valence-corrected chi connectivity index (χ4v) is 4.79. The molecule has 2 aromatic rings. The Morgan fingerprint density at radius 3 is 2.40 bits per heavy atom. The lowest BCUT2D eigenvalue weighted by Crippen LogP contribution is -2.15. The van der Waals surface area contributed by atoms with E-state index in [0.29, 0.717) is 15.6 Å². The zero-order valence-electron chi connectivity index (χ0n) is 13.5. The van der Waals surface area contributed by atoms with Crippen molar-refractivity contribution >= 4 is 48.9 Å². The average Bonchev–Trinajstić information content (AvgIpc) is 2.48. The number of aryl methyl sites for hydroxylation is 2. The fraction of sp³-hybridized carbons (Fsp3) is 0.200. The molecule has 0 aromatic heterocycles. The quantitative estimate of drug-likeness (QED) is 0.537. The van der Waals surface area contributed by atoms with Crippen molar-refractivity contribution in [2.75, 3.05) is 11.8 Å². The highest BCUT2D eigenvalue weighted by Gasteiger charge is 2.24. The molecule has 0 radical (unpaired) electrons. The normalized spacial score (nSPS) is 11.2. The maximum Gasteiger partial charge on any atom is 0.274 e. The minimum atomic E-state index is -4.09. The highest BCUT2D eigenvalue weighted by Crippen LogP contribution is 2.37. The predicted octanol–water partition coefficient (Wildman–Crippen LogP) is 4.44. The molecule has 2 aromatic carbocycles. The Morgan fingerprint density at radius 1 is 1.20 bits per heavy atom. The molecule has 0 saturated carbocycles. The Bertz CT molecular complexity index is 963. The van der Waals surface area contributed by atoms with E-state index in [4.69, 9.17) is 16.3 Å². The van der Waals surface area contributed by atoms with Gasteiger partial charge in [0.15, 0.2) is 5.75 Å². The molecule has 0 aliphatic heterocycles. The zero-order chi connectivity index (χ0) is 18.9. The molecule has 0 fully saturated rings. The van der Waals surface area contributed by atoms with Gasteiger partial charge in [-0.25, -0.2) is 8.42 Å². The Labute approximate surface area is 158 Å². The average molecular weight is 450 g/mol. The number of hydrogen-bond donors (Lipinski definition) is 1. The Hall–Kier alpha value is -1.84. The minimum Gasteiger partial charge on any atom is -0.494 e. The van der Waals surface area contributed by atoms with E-state index in [9.17, 15) is 18.5 Å². The van der Waals surface area contributed by atoms with Crippen LogP contribution in [0.3, 0.4) is 0 Å². The molecular weight excluding hydrogens is 436 g/mol. The molecule has 0 amide bonds. The molecule has 25 heavy (non-hydrogen) atoms. The number of halogens is 2. The highest BCUT2D eigenvalue weighted by atomic mass is 79.9. The smallest absolute Gasteiger partial charge is 0.274 e. The van der Waals surface area contributed by atoms with E-state index in [1.54, 1.807) is 19.9 Å². The van der Waals surface area contributed by atoms with Crippen molar-refractivity contribution in [1.82, 2.24) is 0 Å². The topological polar surface area (TPSA) is 98.5 Å². The monoisotopic (exact) mass is 448 g/mol. The summed E-state index contributed by atoms with van der Waals surface area (Å²) in [5, 5.41) is 11.3. The van der Waals surface area contributed by atoms with Gasteiger partial charge in [0, 0.05) is 16.7 Å². The molecule has 2 rings (SSSR count). The van der Waals surface area contributed by atoms with Crippen molar-refractivity contribution < 1.29 is 18.1 Å². The van der Waals surface area contributed by atoms with Crippen molar-refractivity contribution in [3.63, 3.8) is 0 Å². The van der Waals surface area contributed by atoms with Gasteiger partial charge in [-0.2, -0.15) is 0 Å². The standard InChI is InChI=1S/C15H14BrClN2O5S/c1-8-4-9(2)13(19(20)21)7-12(8)18-25(22,23)14-6-10(17)5-11(16)15(14)24-3/h4-7,18H,1-3H3. The number of nitro groups is 1. The Morgan fingerprint density at radius 2 is 1.84 bits per heavy atom. The van der Waals surface area contributed by atoms with Gasteiger partial charge in [0.05, 0.1) is 22.2 Å². The van der Waals surface area contributed by atoms with Gasteiger partial charge in [-0.15, -0.1) is 0 Å². The summed E-state index contributed by atoms with van der Waals surface area (Å²) in [6.45, 7) is 3.24. The summed E-state index contributed by atoms with van der Waals surface area (Å²) >= 11 is 9.14. The van der Waals surface area contributed by atoms with Gasteiger partial charge in [0.1, 0.15) is 4.90 Å². The van der Waals surface area contributed by atoms with Crippen LogP contribution >= 0.6 is 27.5 Å². The number of hydrogen-bond acceptors (Lipinski definition) is 5. The number of nitrogens with one attached hydrogen (secondary N) is 1. The number of rotatable bonds is 5. The second kappa shape index (κ2) is 7.19. The third-order valence-corrected chi connectivity index (χ3v) is 5.63. The molecule has 0 bridgehead atoms. The van der Waals surface area contributed by atoms with Crippen molar-refractivity contribution in [2.45, 2.75) is 18.7 Å². The second-order valence-electron chi connectivity index (χ2n) is 5.24. The SMILES string of the molecule is COc1c(Br)cc(Cl)cc1S(=O)(=O)Nc1cc([N+](=O)[O-])c(C)cc1C. The maximum absolute atomic E-state index is 12.8. The van der Waals surface area contributed by atoms with Crippen molar-refractivity contribution in [1.29, 1.82) is 0 Å². The van der Waals surface area contributed by atoms with Crippen LogP contribution in [0.2, 0.25) is 5.02 Å². The predicted molar refractivity (Wildman–Crippen MR) is 99.1 cm³/mol. The van der Waals surface area contributed by atoms with Gasteiger partial charge in [0.2, 0.25) is 0 Å². The van der Waals surface area contributed by atoms with E-state index in [2.05, 4.69) is 20.7 Å². The van der Waals surface area contributed by atoms with E-state index in [0.717, 1.165) is 0 Å². The van der Waals surface area contributed by atoms with E-state index >= 15 is 0 Å². The van der Waals surface area contributed by atoms with E-state index in [-0.39, 0.29) is 27.0 Å². The van der Waals surface area contributed by atoms with Gasteiger partial charge in [-0.1, -0.05) is 11.6 Å². The molecule has 0 aliphatic rings. The van der Waals surface area contributed by atoms with Crippen LogP contribution in [0.15, 0.2) is 33.6 Å². The fourth-order valence-electron chi connectivity index (χ4n) is 2.28. The lowest BCUT2D eigenvalue weighted by atomic mass is 10.1. The lowest BCUT2D eigenvalue weighted by Gasteiger charge is -2.15. The van der Waals surface area contributed by atoms with Gasteiger partial charge in [-0.05, 0) is 53.5 Å². The summed E-state index contributed by atoms with van der Waals surface area (Å²) in [7, 11) is -2.76. The summed E-state index contributed by atoms with van der Waals surface area (Å²) in [5.74, 6) is 0.0798. The largest absolute Gasteiger partial charge is 0.494 e. The molecule has 10 heteroatoms. The van der Waals surface area contributed by atoms with Crippen LogP contribution in [-0.4, -0.2) is 20.5 Å². The first-order valence-corrected chi connectivity index (χ1v) is 9.53. The second-order valence-corrected chi connectivity index (χ2v) is 8.18. The molecule has 0 spiro atoms. The zero-order valence-corrected chi connectivity index (χ0v) is 16.6. The van der Waals surface area contributed by atoms with Gasteiger partial charge < -0.3 is 4.74 Å². The van der Waals surface area contributed by atoms with E-state index < -0.39 is 14.9 Å². The van der Waals surface area contributed by atoms with Crippen LogP contribution < -0.4 is 9.46 Å². The first-order chi connectivity index (χ1) is 11.6. The molecule has 0 atom stereocenters. The van der Waals surface area contributed by atoms with Crippen molar-refractivity contribution in [3.05, 3.63) is 55.0 Å². The maximum atomic E-state index is 12.8. The number of methoxy groups -OCH3 is 1. The number of benzene rings is 2. The molecule has 0 heterocycles. The van der Waals surface area contributed by atoms with Gasteiger partial charge in [-0.3, -0.25) is 14.8 Å². The lowest BCUT2D eigenvalue weighted by molar-refractivity contribution is -0.385. The molecule has 0 saturated heterocycles. The van der Waals surface area contributed by atoms with Crippen LogP contribution in [0.1, 0.15) is 11.1 Å². The molecule has 0 aliphatic carbocycles. The van der Waals surface area contributed by atoms with Crippen molar-refractivity contribution in [2.24, 2.45) is 0 Å². The molecule has 134 valence electrons. The third-order valence-electron chi connectivity index (χ3n) is 3.45. The minimum absolute atomic E-state index is 0.0798. The number of nitrogens with zero attached hydrogens (tertiary/aromatic N) is 1. The number of anilines is 1. The summed E-state index contributed by atoms with van der Waals surface area (Å²) < 4.78 is 33.4. The molecular formula is C15H14BrClN2O5S. The molecule has 0 unspecified atom stereocenters. The number of ether oxygens (including phenoxy) is 1. The first-order valence-electron chi connectivity index (χ1n) is 6.88. The Kier molecular flexibility index (Phi) is 5.60. The summed E-state index contributed by atoms with van der Waals surface area (Å²) in [5.41, 5.74) is 0.915. The molecule has 1 N–H and O–H groups in total.